The van der Waals surface area contributed by atoms with Gasteiger partial charge in [0.05, 0.1) is 10.0 Å². The summed E-state index contributed by atoms with van der Waals surface area (Å²) < 4.78 is 11.7. The van der Waals surface area contributed by atoms with Crippen molar-refractivity contribution in [3.63, 3.8) is 0 Å². The van der Waals surface area contributed by atoms with Gasteiger partial charge in [-0.05, 0) is 44.1 Å². The van der Waals surface area contributed by atoms with Gasteiger partial charge in [-0.3, -0.25) is 0 Å². The van der Waals surface area contributed by atoms with Crippen LogP contribution >= 0.6 is 23.2 Å². The third-order valence-electron chi connectivity index (χ3n) is 3.74. The molecule has 19 heavy (non-hydrogen) atoms. The maximum absolute atomic E-state index is 6.12. The van der Waals surface area contributed by atoms with Crippen LogP contribution < -0.4 is 5.32 Å². The molecule has 102 valence electrons. The first kappa shape index (κ1) is 13.1. The predicted molar refractivity (Wildman–Crippen MR) is 75.0 cm³/mol. The third kappa shape index (κ3) is 2.31. The smallest absolute Gasteiger partial charge is 0.279 e. The van der Waals surface area contributed by atoms with Gasteiger partial charge in [-0.25, -0.2) is 0 Å². The van der Waals surface area contributed by atoms with Gasteiger partial charge < -0.3 is 14.8 Å². The summed E-state index contributed by atoms with van der Waals surface area (Å²) in [6.45, 7) is 1.95. The van der Waals surface area contributed by atoms with Gasteiger partial charge in [-0.1, -0.05) is 23.2 Å². The van der Waals surface area contributed by atoms with Gasteiger partial charge in [0.25, 0.3) is 5.79 Å². The summed E-state index contributed by atoms with van der Waals surface area (Å²) in [5.74, 6) is -0.461. The summed E-state index contributed by atoms with van der Waals surface area (Å²) in [5.41, 5.74) is 0.916. The molecule has 1 aromatic carbocycles. The van der Waals surface area contributed by atoms with Crippen molar-refractivity contribution < 1.29 is 9.47 Å². The molecule has 0 aliphatic carbocycles. The SMILES string of the molecule is Clc1ccc(C2(C3CCNCC3)OC=CO2)cc1Cl. The second-order valence-corrected chi connectivity index (χ2v) is 5.64. The first-order valence-corrected chi connectivity index (χ1v) is 7.15. The monoisotopic (exact) mass is 299 g/mol. The van der Waals surface area contributed by atoms with Crippen LogP contribution in [0.3, 0.4) is 0 Å². The van der Waals surface area contributed by atoms with Crippen LogP contribution in [0.5, 0.6) is 0 Å². The van der Waals surface area contributed by atoms with Gasteiger partial charge in [0.1, 0.15) is 12.5 Å². The zero-order valence-electron chi connectivity index (χ0n) is 10.4. The van der Waals surface area contributed by atoms with Crippen molar-refractivity contribution in [2.75, 3.05) is 13.1 Å². The Labute approximate surface area is 122 Å². The van der Waals surface area contributed by atoms with Gasteiger partial charge in [0.15, 0.2) is 0 Å². The molecule has 0 radical (unpaired) electrons. The van der Waals surface area contributed by atoms with E-state index in [0.717, 1.165) is 31.5 Å². The van der Waals surface area contributed by atoms with Crippen molar-refractivity contribution in [3.05, 3.63) is 46.3 Å². The van der Waals surface area contributed by atoms with Crippen molar-refractivity contribution in [2.24, 2.45) is 5.92 Å². The fourth-order valence-corrected chi connectivity index (χ4v) is 3.06. The highest BCUT2D eigenvalue weighted by atomic mass is 35.5. The molecule has 0 atom stereocenters. The molecule has 0 unspecified atom stereocenters. The number of rotatable bonds is 2. The van der Waals surface area contributed by atoms with Crippen molar-refractivity contribution in [1.82, 2.24) is 5.32 Å². The number of benzene rings is 1. The topological polar surface area (TPSA) is 30.5 Å². The molecule has 0 spiro atoms. The molecular weight excluding hydrogens is 285 g/mol. The van der Waals surface area contributed by atoms with E-state index in [4.69, 9.17) is 32.7 Å². The number of piperidine rings is 1. The van der Waals surface area contributed by atoms with Crippen molar-refractivity contribution >= 4 is 23.2 Å². The molecule has 0 amide bonds. The lowest BCUT2D eigenvalue weighted by molar-refractivity contribution is -0.196. The molecule has 2 aliphatic heterocycles. The average molecular weight is 300 g/mol. The first-order chi connectivity index (χ1) is 9.22. The lowest BCUT2D eigenvalue weighted by Crippen LogP contribution is -2.42. The normalized spacial score (nSPS) is 22.0. The summed E-state index contributed by atoms with van der Waals surface area (Å²) in [4.78, 5) is 0. The maximum Gasteiger partial charge on any atom is 0.279 e. The minimum absolute atomic E-state index is 0.293. The number of halogens is 2. The summed E-state index contributed by atoms with van der Waals surface area (Å²) in [7, 11) is 0. The number of hydrogen-bond donors (Lipinski definition) is 1. The third-order valence-corrected chi connectivity index (χ3v) is 4.48. The van der Waals surface area contributed by atoms with Crippen LogP contribution in [0.25, 0.3) is 0 Å². The largest absolute Gasteiger partial charge is 0.452 e. The van der Waals surface area contributed by atoms with Crippen LogP contribution in [0.1, 0.15) is 18.4 Å². The van der Waals surface area contributed by atoms with Gasteiger partial charge in [-0.2, -0.15) is 0 Å². The Hall–Kier alpha value is -0.900. The van der Waals surface area contributed by atoms with E-state index < -0.39 is 5.79 Å². The first-order valence-electron chi connectivity index (χ1n) is 6.39. The molecule has 1 N–H and O–H groups in total. The van der Waals surface area contributed by atoms with Crippen LogP contribution in [-0.4, -0.2) is 13.1 Å². The Balaban J connectivity index is 1.97. The highest BCUT2D eigenvalue weighted by Crippen LogP contribution is 2.44. The minimum atomic E-state index is -0.754. The molecule has 0 bridgehead atoms. The van der Waals surface area contributed by atoms with Gasteiger partial charge in [0, 0.05) is 11.5 Å². The Morgan fingerprint density at radius 1 is 1.05 bits per heavy atom. The molecule has 2 aliphatic rings. The highest BCUT2D eigenvalue weighted by Gasteiger charge is 2.46. The van der Waals surface area contributed by atoms with Crippen LogP contribution in [0.2, 0.25) is 10.0 Å². The van der Waals surface area contributed by atoms with E-state index in [9.17, 15) is 0 Å². The van der Waals surface area contributed by atoms with Crippen molar-refractivity contribution in [3.8, 4) is 0 Å². The van der Waals surface area contributed by atoms with Crippen LogP contribution in [-0.2, 0) is 15.3 Å². The zero-order valence-corrected chi connectivity index (χ0v) is 11.9. The van der Waals surface area contributed by atoms with Gasteiger partial charge >= 0.3 is 0 Å². The zero-order chi connectivity index (χ0) is 13.3. The Morgan fingerprint density at radius 3 is 2.37 bits per heavy atom. The number of ether oxygens (including phenoxy) is 2. The summed E-state index contributed by atoms with van der Waals surface area (Å²) in [6.07, 6.45) is 5.21. The summed E-state index contributed by atoms with van der Waals surface area (Å²) in [6, 6.07) is 5.54. The van der Waals surface area contributed by atoms with Crippen LogP contribution in [0.15, 0.2) is 30.7 Å². The molecule has 1 fully saturated rings. The van der Waals surface area contributed by atoms with E-state index in [1.165, 1.54) is 0 Å². The van der Waals surface area contributed by atoms with Crippen LogP contribution in [0.4, 0.5) is 0 Å². The molecule has 3 rings (SSSR count). The van der Waals surface area contributed by atoms with E-state index in [1.807, 2.05) is 12.1 Å². The average Bonchev–Trinajstić information content (AvgIpc) is 2.93. The molecule has 1 saturated heterocycles. The lowest BCUT2D eigenvalue weighted by atomic mass is 9.84. The maximum atomic E-state index is 6.12. The molecule has 2 heterocycles. The standard InChI is InChI=1S/C14H15Cl2NO2/c15-12-2-1-11(9-13(12)16)14(18-7-8-19-14)10-3-5-17-6-4-10/h1-2,7-10,17H,3-6H2. The van der Waals surface area contributed by atoms with E-state index in [1.54, 1.807) is 18.6 Å². The van der Waals surface area contributed by atoms with Crippen molar-refractivity contribution in [1.29, 1.82) is 0 Å². The van der Waals surface area contributed by atoms with Crippen LogP contribution in [0, 0.1) is 5.92 Å². The van der Waals surface area contributed by atoms with Gasteiger partial charge in [-0.15, -0.1) is 0 Å². The minimum Gasteiger partial charge on any atom is -0.452 e. The lowest BCUT2D eigenvalue weighted by Gasteiger charge is -2.38. The van der Waals surface area contributed by atoms with E-state index >= 15 is 0 Å². The van der Waals surface area contributed by atoms with Gasteiger partial charge in [0.2, 0.25) is 0 Å². The number of nitrogens with one attached hydrogen (secondary N) is 1. The molecule has 5 heteroatoms. The fraction of sp³-hybridized carbons (Fsp3) is 0.429. The number of hydrogen-bond acceptors (Lipinski definition) is 3. The highest BCUT2D eigenvalue weighted by molar-refractivity contribution is 6.42. The fourth-order valence-electron chi connectivity index (χ4n) is 2.76. The summed E-state index contributed by atoms with van der Waals surface area (Å²) in [5, 5.41) is 4.41. The van der Waals surface area contributed by atoms with E-state index in [-0.39, 0.29) is 0 Å². The Bertz CT molecular complexity index is 490. The Kier molecular flexibility index (Phi) is 3.61. The molecule has 3 nitrogen and oxygen atoms in total. The molecule has 1 aromatic rings. The second-order valence-electron chi connectivity index (χ2n) is 4.83. The van der Waals surface area contributed by atoms with E-state index in [0.29, 0.717) is 16.0 Å². The summed E-state index contributed by atoms with van der Waals surface area (Å²) >= 11 is 12.1. The predicted octanol–water partition coefficient (Wildman–Crippen LogP) is 3.66. The quantitative estimate of drug-likeness (QED) is 0.904. The molecule has 0 aromatic heterocycles. The molecule has 0 saturated carbocycles. The molecular formula is C14H15Cl2NO2. The Morgan fingerprint density at radius 2 is 1.74 bits per heavy atom. The van der Waals surface area contributed by atoms with Crippen molar-refractivity contribution in [2.45, 2.75) is 18.6 Å². The van der Waals surface area contributed by atoms with E-state index in [2.05, 4.69) is 5.32 Å². The second kappa shape index (κ2) is 5.23.